The van der Waals surface area contributed by atoms with Gasteiger partial charge < -0.3 is 5.32 Å². The molecule has 0 saturated heterocycles. The number of carbonyl (C=O) groups excluding carboxylic acids is 1. The van der Waals surface area contributed by atoms with Crippen molar-refractivity contribution in [3.63, 3.8) is 0 Å². The number of sulfone groups is 1. The summed E-state index contributed by atoms with van der Waals surface area (Å²) >= 11 is 0. The van der Waals surface area contributed by atoms with E-state index in [2.05, 4.69) is 12.2 Å². The first-order valence-corrected chi connectivity index (χ1v) is 8.17. The minimum Gasteiger partial charge on any atom is -0.347 e. The Balaban J connectivity index is 2.96. The van der Waals surface area contributed by atoms with E-state index < -0.39 is 9.84 Å². The number of rotatable bonds is 5. The molecule has 1 rings (SSSR count). The lowest BCUT2D eigenvalue weighted by molar-refractivity contribution is 0.0909. The molecule has 0 heterocycles. The normalized spacial score (nSPS) is 12.2. The summed E-state index contributed by atoms with van der Waals surface area (Å²) in [5.41, 5.74) is 0.0690. The highest BCUT2D eigenvalue weighted by molar-refractivity contribution is 7.90. The fourth-order valence-electron chi connectivity index (χ4n) is 1.93. The Morgan fingerprint density at radius 2 is 1.95 bits per heavy atom. The Labute approximate surface area is 115 Å². The van der Waals surface area contributed by atoms with Crippen LogP contribution in [0.3, 0.4) is 0 Å². The van der Waals surface area contributed by atoms with E-state index in [1.165, 1.54) is 12.1 Å². The molecule has 0 saturated carbocycles. The van der Waals surface area contributed by atoms with Crippen molar-refractivity contribution in [2.45, 2.75) is 44.0 Å². The Bertz CT molecular complexity index is 562. The van der Waals surface area contributed by atoms with Gasteiger partial charge in [-0.15, -0.1) is 0 Å². The Hall–Kier alpha value is -1.36. The van der Waals surface area contributed by atoms with Crippen molar-refractivity contribution in [1.29, 1.82) is 0 Å². The largest absolute Gasteiger partial charge is 0.347 e. The Morgan fingerprint density at radius 1 is 1.32 bits per heavy atom. The molecule has 0 aliphatic carbocycles. The lowest BCUT2D eigenvalue weighted by Crippen LogP contribution is -2.43. The van der Waals surface area contributed by atoms with Gasteiger partial charge in [0.05, 0.1) is 4.90 Å². The molecule has 0 aromatic heterocycles. The molecule has 0 radical (unpaired) electrons. The van der Waals surface area contributed by atoms with Crippen molar-refractivity contribution >= 4 is 15.7 Å². The van der Waals surface area contributed by atoms with Crippen LogP contribution in [0.5, 0.6) is 0 Å². The molecular weight excluding hydrogens is 262 g/mol. The van der Waals surface area contributed by atoms with Crippen LogP contribution in [0.4, 0.5) is 0 Å². The van der Waals surface area contributed by atoms with Crippen molar-refractivity contribution in [3.8, 4) is 0 Å². The van der Waals surface area contributed by atoms with Gasteiger partial charge in [-0.05, 0) is 38.5 Å². The van der Waals surface area contributed by atoms with Gasteiger partial charge in [0.2, 0.25) is 0 Å². The first-order chi connectivity index (χ1) is 8.65. The van der Waals surface area contributed by atoms with Gasteiger partial charge in [0, 0.05) is 17.4 Å². The van der Waals surface area contributed by atoms with Crippen molar-refractivity contribution < 1.29 is 13.2 Å². The van der Waals surface area contributed by atoms with Gasteiger partial charge in [-0.1, -0.05) is 19.4 Å². The predicted octanol–water partition coefficient (Wildman–Crippen LogP) is 2.40. The van der Waals surface area contributed by atoms with E-state index in [1.807, 2.05) is 13.8 Å². The average molecular weight is 283 g/mol. The molecule has 1 N–H and O–H groups in total. The van der Waals surface area contributed by atoms with Gasteiger partial charge in [-0.25, -0.2) is 8.42 Å². The molecule has 19 heavy (non-hydrogen) atoms. The maximum atomic E-state index is 12.1. The highest BCUT2D eigenvalue weighted by Crippen LogP contribution is 2.15. The molecule has 1 aromatic rings. The van der Waals surface area contributed by atoms with E-state index >= 15 is 0 Å². The van der Waals surface area contributed by atoms with E-state index in [0.717, 1.165) is 19.1 Å². The van der Waals surface area contributed by atoms with E-state index in [0.29, 0.717) is 5.56 Å². The van der Waals surface area contributed by atoms with Gasteiger partial charge in [0.15, 0.2) is 9.84 Å². The number of hydrogen-bond acceptors (Lipinski definition) is 3. The quantitative estimate of drug-likeness (QED) is 0.902. The van der Waals surface area contributed by atoms with Gasteiger partial charge in [0.25, 0.3) is 5.91 Å². The molecule has 1 amide bonds. The van der Waals surface area contributed by atoms with E-state index in [9.17, 15) is 13.2 Å². The van der Waals surface area contributed by atoms with Crippen LogP contribution < -0.4 is 5.32 Å². The maximum absolute atomic E-state index is 12.1. The van der Waals surface area contributed by atoms with Crippen molar-refractivity contribution in [3.05, 3.63) is 29.8 Å². The Morgan fingerprint density at radius 3 is 2.47 bits per heavy atom. The second-order valence-corrected chi connectivity index (χ2v) is 7.40. The van der Waals surface area contributed by atoms with Crippen LogP contribution in [0.25, 0.3) is 0 Å². The molecule has 0 aliphatic heterocycles. The van der Waals surface area contributed by atoms with Crippen molar-refractivity contribution in [1.82, 2.24) is 5.32 Å². The van der Waals surface area contributed by atoms with Crippen LogP contribution in [0.1, 0.15) is 44.0 Å². The zero-order valence-electron chi connectivity index (χ0n) is 11.9. The van der Waals surface area contributed by atoms with Crippen LogP contribution in [0.15, 0.2) is 29.2 Å². The zero-order chi connectivity index (χ0) is 14.7. The maximum Gasteiger partial charge on any atom is 0.251 e. The van der Waals surface area contributed by atoms with Gasteiger partial charge >= 0.3 is 0 Å². The Kier molecular flexibility index (Phi) is 4.74. The molecule has 4 nitrogen and oxygen atoms in total. The summed E-state index contributed by atoms with van der Waals surface area (Å²) in [5.74, 6) is -0.246. The summed E-state index contributed by atoms with van der Waals surface area (Å²) in [6, 6.07) is 6.10. The highest BCUT2D eigenvalue weighted by Gasteiger charge is 2.20. The first-order valence-electron chi connectivity index (χ1n) is 6.28. The molecular formula is C14H21NO3S. The van der Waals surface area contributed by atoms with Crippen LogP contribution >= 0.6 is 0 Å². The summed E-state index contributed by atoms with van der Waals surface area (Å²) in [6.07, 6.45) is 2.96. The second kappa shape index (κ2) is 5.74. The van der Waals surface area contributed by atoms with Crippen LogP contribution in [0.2, 0.25) is 0 Å². The zero-order valence-corrected chi connectivity index (χ0v) is 12.7. The minimum atomic E-state index is -3.29. The average Bonchev–Trinajstić information content (AvgIpc) is 2.27. The predicted molar refractivity (Wildman–Crippen MR) is 76.0 cm³/mol. The number of benzene rings is 1. The highest BCUT2D eigenvalue weighted by atomic mass is 32.2. The third kappa shape index (κ3) is 4.67. The summed E-state index contributed by atoms with van der Waals surface area (Å²) in [4.78, 5) is 12.3. The van der Waals surface area contributed by atoms with Crippen LogP contribution in [-0.4, -0.2) is 26.1 Å². The SMILES string of the molecule is CCCC(C)(C)NC(=O)c1cccc(S(C)(=O)=O)c1. The molecule has 0 spiro atoms. The number of carbonyl (C=O) groups is 1. The first kappa shape index (κ1) is 15.7. The molecule has 106 valence electrons. The van der Waals surface area contributed by atoms with Crippen molar-refractivity contribution in [2.24, 2.45) is 0 Å². The third-order valence-electron chi connectivity index (χ3n) is 2.85. The monoisotopic (exact) mass is 283 g/mol. The third-order valence-corrected chi connectivity index (χ3v) is 3.96. The lowest BCUT2D eigenvalue weighted by atomic mass is 9.98. The summed E-state index contributed by atoms with van der Waals surface area (Å²) in [7, 11) is -3.29. The van der Waals surface area contributed by atoms with Crippen LogP contribution in [0, 0.1) is 0 Å². The fourth-order valence-corrected chi connectivity index (χ4v) is 2.60. The van der Waals surface area contributed by atoms with E-state index in [4.69, 9.17) is 0 Å². The lowest BCUT2D eigenvalue weighted by Gasteiger charge is -2.25. The molecule has 0 aliphatic rings. The van der Waals surface area contributed by atoms with Crippen LogP contribution in [-0.2, 0) is 9.84 Å². The molecule has 0 bridgehead atoms. The number of nitrogens with one attached hydrogen (secondary N) is 1. The molecule has 5 heteroatoms. The van der Waals surface area contributed by atoms with Gasteiger partial charge in [0.1, 0.15) is 0 Å². The van der Waals surface area contributed by atoms with E-state index in [-0.39, 0.29) is 16.3 Å². The molecule has 0 fully saturated rings. The number of hydrogen-bond donors (Lipinski definition) is 1. The standard InChI is InChI=1S/C14H21NO3S/c1-5-9-14(2,3)15-13(16)11-7-6-8-12(10-11)19(4,17)18/h6-8,10H,5,9H2,1-4H3,(H,15,16). The van der Waals surface area contributed by atoms with Gasteiger partial charge in [-0.3, -0.25) is 4.79 Å². The fraction of sp³-hybridized carbons (Fsp3) is 0.500. The van der Waals surface area contributed by atoms with Crippen molar-refractivity contribution in [2.75, 3.05) is 6.26 Å². The minimum absolute atomic E-state index is 0.161. The molecule has 0 unspecified atom stereocenters. The van der Waals surface area contributed by atoms with Gasteiger partial charge in [-0.2, -0.15) is 0 Å². The smallest absolute Gasteiger partial charge is 0.251 e. The second-order valence-electron chi connectivity index (χ2n) is 5.39. The molecule has 0 atom stereocenters. The number of amides is 1. The molecule has 1 aromatic carbocycles. The van der Waals surface area contributed by atoms with E-state index in [1.54, 1.807) is 12.1 Å². The topological polar surface area (TPSA) is 63.2 Å². The summed E-state index contributed by atoms with van der Waals surface area (Å²) in [6.45, 7) is 5.96. The summed E-state index contributed by atoms with van der Waals surface area (Å²) < 4.78 is 22.9. The summed E-state index contributed by atoms with van der Waals surface area (Å²) in [5, 5.41) is 2.92.